The van der Waals surface area contributed by atoms with Crippen LogP contribution in [0.5, 0.6) is 0 Å². The lowest BCUT2D eigenvalue weighted by molar-refractivity contribution is 0.630. The molecule has 0 aliphatic carbocycles. The molecule has 0 aliphatic rings. The average Bonchev–Trinajstić information content (AvgIpc) is 2.02. The SMILES string of the molecule is Nc1cc(F)cc2cc(Br)cnc12. The van der Waals surface area contributed by atoms with Crippen LogP contribution in [0.2, 0.25) is 0 Å². The van der Waals surface area contributed by atoms with Gasteiger partial charge in [0, 0.05) is 16.1 Å². The summed E-state index contributed by atoms with van der Waals surface area (Å²) in [5.74, 6) is -0.343. The summed E-state index contributed by atoms with van der Waals surface area (Å²) < 4.78 is 13.7. The summed E-state index contributed by atoms with van der Waals surface area (Å²) in [6.07, 6.45) is 1.64. The van der Waals surface area contributed by atoms with Gasteiger partial charge in [0.2, 0.25) is 0 Å². The Kier molecular flexibility index (Phi) is 1.92. The molecule has 13 heavy (non-hydrogen) atoms. The molecule has 2 rings (SSSR count). The zero-order valence-electron chi connectivity index (χ0n) is 6.59. The van der Waals surface area contributed by atoms with E-state index >= 15 is 0 Å². The molecule has 4 heteroatoms. The van der Waals surface area contributed by atoms with Crippen LogP contribution in [-0.4, -0.2) is 4.98 Å². The van der Waals surface area contributed by atoms with Crippen molar-refractivity contribution in [3.05, 3.63) is 34.7 Å². The number of halogens is 2. The first-order valence-electron chi connectivity index (χ1n) is 3.67. The summed E-state index contributed by atoms with van der Waals surface area (Å²) in [5.41, 5.74) is 6.58. The third kappa shape index (κ3) is 1.49. The predicted octanol–water partition coefficient (Wildman–Crippen LogP) is 2.72. The van der Waals surface area contributed by atoms with Crippen LogP contribution in [0.25, 0.3) is 10.9 Å². The van der Waals surface area contributed by atoms with Crippen LogP contribution in [0, 0.1) is 5.82 Å². The molecule has 1 aromatic carbocycles. The molecule has 0 radical (unpaired) electrons. The van der Waals surface area contributed by atoms with Gasteiger partial charge in [0.1, 0.15) is 5.82 Å². The van der Waals surface area contributed by atoms with E-state index in [1.165, 1.54) is 12.1 Å². The van der Waals surface area contributed by atoms with Crippen LogP contribution in [0.3, 0.4) is 0 Å². The second-order valence-electron chi connectivity index (χ2n) is 2.72. The molecule has 66 valence electrons. The minimum atomic E-state index is -0.343. The van der Waals surface area contributed by atoms with Crippen LogP contribution >= 0.6 is 15.9 Å². The highest BCUT2D eigenvalue weighted by Crippen LogP contribution is 2.23. The molecule has 0 saturated carbocycles. The lowest BCUT2D eigenvalue weighted by Gasteiger charge is -2.01. The highest BCUT2D eigenvalue weighted by molar-refractivity contribution is 9.10. The van der Waals surface area contributed by atoms with Gasteiger partial charge in [-0.2, -0.15) is 0 Å². The van der Waals surface area contributed by atoms with Crippen LogP contribution in [0.1, 0.15) is 0 Å². The van der Waals surface area contributed by atoms with Crippen molar-refractivity contribution in [2.75, 3.05) is 5.73 Å². The number of aromatic nitrogens is 1. The smallest absolute Gasteiger partial charge is 0.126 e. The van der Waals surface area contributed by atoms with Crippen molar-refractivity contribution in [1.82, 2.24) is 4.98 Å². The Morgan fingerprint density at radius 3 is 2.85 bits per heavy atom. The first kappa shape index (κ1) is 8.44. The highest BCUT2D eigenvalue weighted by atomic mass is 79.9. The minimum Gasteiger partial charge on any atom is -0.397 e. The molecule has 0 atom stereocenters. The van der Waals surface area contributed by atoms with Crippen molar-refractivity contribution in [3.8, 4) is 0 Å². The molecule has 0 spiro atoms. The molecule has 0 unspecified atom stereocenters. The lowest BCUT2D eigenvalue weighted by atomic mass is 10.2. The summed E-state index contributed by atoms with van der Waals surface area (Å²) in [7, 11) is 0. The number of anilines is 1. The zero-order chi connectivity index (χ0) is 9.42. The van der Waals surface area contributed by atoms with Crippen molar-refractivity contribution in [1.29, 1.82) is 0 Å². The number of hydrogen-bond donors (Lipinski definition) is 1. The monoisotopic (exact) mass is 240 g/mol. The molecule has 0 fully saturated rings. The normalized spacial score (nSPS) is 10.6. The minimum absolute atomic E-state index is 0.343. The van der Waals surface area contributed by atoms with E-state index in [0.29, 0.717) is 16.6 Å². The van der Waals surface area contributed by atoms with Gasteiger partial charge in [-0.15, -0.1) is 0 Å². The van der Waals surface area contributed by atoms with Crippen LogP contribution < -0.4 is 5.73 Å². The van der Waals surface area contributed by atoms with E-state index in [1.54, 1.807) is 12.3 Å². The van der Waals surface area contributed by atoms with Gasteiger partial charge in [0.25, 0.3) is 0 Å². The maximum absolute atomic E-state index is 12.9. The first-order valence-corrected chi connectivity index (χ1v) is 4.46. The van der Waals surface area contributed by atoms with E-state index in [-0.39, 0.29) is 5.82 Å². The van der Waals surface area contributed by atoms with Crippen molar-refractivity contribution < 1.29 is 4.39 Å². The molecule has 2 aromatic rings. The van der Waals surface area contributed by atoms with Gasteiger partial charge >= 0.3 is 0 Å². The Bertz CT molecular complexity index is 465. The van der Waals surface area contributed by atoms with Gasteiger partial charge < -0.3 is 5.73 Å². The van der Waals surface area contributed by atoms with E-state index in [4.69, 9.17) is 5.73 Å². The summed E-state index contributed by atoms with van der Waals surface area (Å²) in [6, 6.07) is 4.45. The molecule has 1 heterocycles. The highest BCUT2D eigenvalue weighted by Gasteiger charge is 2.02. The molecular weight excluding hydrogens is 235 g/mol. The van der Waals surface area contributed by atoms with Gasteiger partial charge in [-0.05, 0) is 34.1 Å². The molecule has 2 N–H and O–H groups in total. The van der Waals surface area contributed by atoms with Crippen LogP contribution in [0.4, 0.5) is 10.1 Å². The molecule has 0 aliphatic heterocycles. The molecule has 0 amide bonds. The van der Waals surface area contributed by atoms with Crippen molar-refractivity contribution in [2.45, 2.75) is 0 Å². The van der Waals surface area contributed by atoms with E-state index < -0.39 is 0 Å². The number of fused-ring (bicyclic) bond motifs is 1. The molecule has 1 aromatic heterocycles. The number of hydrogen-bond acceptors (Lipinski definition) is 2. The second-order valence-corrected chi connectivity index (χ2v) is 3.64. The van der Waals surface area contributed by atoms with Gasteiger partial charge in [-0.3, -0.25) is 4.98 Å². The van der Waals surface area contributed by atoms with Gasteiger partial charge in [0.15, 0.2) is 0 Å². The Morgan fingerprint density at radius 2 is 2.08 bits per heavy atom. The largest absolute Gasteiger partial charge is 0.397 e. The maximum Gasteiger partial charge on any atom is 0.126 e. The Morgan fingerprint density at radius 1 is 1.31 bits per heavy atom. The number of benzene rings is 1. The number of nitrogens with zero attached hydrogens (tertiary/aromatic N) is 1. The molecule has 0 bridgehead atoms. The Labute approximate surface area is 82.7 Å². The predicted molar refractivity (Wildman–Crippen MR) is 53.8 cm³/mol. The summed E-state index contributed by atoms with van der Waals surface area (Å²) in [6.45, 7) is 0. The van der Waals surface area contributed by atoms with Crippen LogP contribution in [-0.2, 0) is 0 Å². The van der Waals surface area contributed by atoms with E-state index in [1.807, 2.05) is 0 Å². The van der Waals surface area contributed by atoms with Crippen LogP contribution in [0.15, 0.2) is 28.9 Å². The topological polar surface area (TPSA) is 38.9 Å². The number of nitrogens with two attached hydrogens (primary N) is 1. The van der Waals surface area contributed by atoms with E-state index in [9.17, 15) is 4.39 Å². The summed E-state index contributed by atoms with van der Waals surface area (Å²) >= 11 is 3.26. The molecular formula is C9H6BrFN2. The standard InChI is InChI=1S/C9H6BrFN2/c10-6-1-5-2-7(11)3-8(12)9(5)13-4-6/h1-4H,12H2. The average molecular weight is 241 g/mol. The second kappa shape index (κ2) is 2.96. The van der Waals surface area contributed by atoms with Gasteiger partial charge in [-0.1, -0.05) is 0 Å². The quantitative estimate of drug-likeness (QED) is 0.720. The molecule has 2 nitrogen and oxygen atoms in total. The van der Waals surface area contributed by atoms with E-state index in [0.717, 1.165) is 4.47 Å². The zero-order valence-corrected chi connectivity index (χ0v) is 8.18. The molecule has 0 saturated heterocycles. The van der Waals surface area contributed by atoms with Gasteiger partial charge in [-0.25, -0.2) is 4.39 Å². The van der Waals surface area contributed by atoms with Crippen molar-refractivity contribution in [3.63, 3.8) is 0 Å². The lowest BCUT2D eigenvalue weighted by Crippen LogP contribution is -1.91. The third-order valence-corrected chi connectivity index (χ3v) is 2.18. The summed E-state index contributed by atoms with van der Waals surface area (Å²) in [4.78, 5) is 4.08. The Balaban J connectivity index is 2.86. The first-order chi connectivity index (χ1) is 6.16. The fraction of sp³-hybridized carbons (Fsp3) is 0. The fourth-order valence-electron chi connectivity index (χ4n) is 1.21. The van der Waals surface area contributed by atoms with E-state index in [2.05, 4.69) is 20.9 Å². The number of pyridine rings is 1. The number of rotatable bonds is 0. The van der Waals surface area contributed by atoms with Crippen molar-refractivity contribution in [2.24, 2.45) is 0 Å². The summed E-state index contributed by atoms with van der Waals surface area (Å²) in [5, 5.41) is 0.701. The number of nitrogen functional groups attached to an aromatic ring is 1. The fourth-order valence-corrected chi connectivity index (χ4v) is 1.56. The Hall–Kier alpha value is -1.16. The third-order valence-electron chi connectivity index (χ3n) is 1.74. The maximum atomic E-state index is 12.9. The van der Waals surface area contributed by atoms with Crippen molar-refractivity contribution >= 4 is 32.5 Å². The van der Waals surface area contributed by atoms with Gasteiger partial charge in [0.05, 0.1) is 11.2 Å².